The van der Waals surface area contributed by atoms with Gasteiger partial charge in [-0.15, -0.1) is 0 Å². The molecule has 0 fully saturated rings. The standard InChI is InChI=1S/C14H11N3O2/c15-10-4-1-8(2-5-10)9-3-6-11-12(7-9)16-17-13(11)14(18)19/h1-7H,15H2,(H,16,17)(H,18,19). The Morgan fingerprint density at radius 2 is 1.79 bits per heavy atom. The van der Waals surface area contributed by atoms with Gasteiger partial charge in [-0.05, 0) is 35.4 Å². The van der Waals surface area contributed by atoms with Crippen LogP contribution in [-0.4, -0.2) is 21.3 Å². The predicted octanol–water partition coefficient (Wildman–Crippen LogP) is 2.51. The lowest BCUT2D eigenvalue weighted by Gasteiger charge is -2.02. The zero-order valence-electron chi connectivity index (χ0n) is 9.92. The minimum atomic E-state index is -1.04. The van der Waals surface area contributed by atoms with Crippen molar-refractivity contribution in [2.75, 3.05) is 5.73 Å². The van der Waals surface area contributed by atoms with Gasteiger partial charge in [0.1, 0.15) is 0 Å². The number of carbonyl (C=O) groups is 1. The molecule has 0 radical (unpaired) electrons. The number of nitrogens with one attached hydrogen (secondary N) is 1. The van der Waals surface area contributed by atoms with Crippen LogP contribution in [0.5, 0.6) is 0 Å². The molecule has 1 heterocycles. The van der Waals surface area contributed by atoms with Crippen LogP contribution in [0.1, 0.15) is 10.5 Å². The van der Waals surface area contributed by atoms with Gasteiger partial charge >= 0.3 is 5.97 Å². The van der Waals surface area contributed by atoms with Crippen molar-refractivity contribution in [1.29, 1.82) is 0 Å². The summed E-state index contributed by atoms with van der Waals surface area (Å²) >= 11 is 0. The van der Waals surface area contributed by atoms with E-state index in [0.29, 0.717) is 16.6 Å². The van der Waals surface area contributed by atoms with Crippen LogP contribution < -0.4 is 5.73 Å². The lowest BCUT2D eigenvalue weighted by Crippen LogP contribution is -1.96. The fraction of sp³-hybridized carbons (Fsp3) is 0. The number of aromatic amines is 1. The molecule has 94 valence electrons. The summed E-state index contributed by atoms with van der Waals surface area (Å²) in [6.45, 7) is 0. The number of aromatic carboxylic acids is 1. The third-order valence-corrected chi connectivity index (χ3v) is 3.01. The number of nitrogens with two attached hydrogens (primary N) is 1. The maximum Gasteiger partial charge on any atom is 0.357 e. The summed E-state index contributed by atoms with van der Waals surface area (Å²) in [5.74, 6) is -1.04. The van der Waals surface area contributed by atoms with Gasteiger partial charge < -0.3 is 10.8 Å². The fourth-order valence-corrected chi connectivity index (χ4v) is 2.04. The summed E-state index contributed by atoms with van der Waals surface area (Å²) in [6, 6.07) is 13.0. The molecule has 19 heavy (non-hydrogen) atoms. The zero-order chi connectivity index (χ0) is 13.4. The number of nitrogens with zero attached hydrogens (tertiary/aromatic N) is 1. The number of anilines is 1. The van der Waals surface area contributed by atoms with Crippen molar-refractivity contribution >= 4 is 22.6 Å². The van der Waals surface area contributed by atoms with Crippen molar-refractivity contribution in [3.63, 3.8) is 0 Å². The molecule has 3 rings (SSSR count). The van der Waals surface area contributed by atoms with Crippen LogP contribution in [0.15, 0.2) is 42.5 Å². The maximum absolute atomic E-state index is 11.0. The van der Waals surface area contributed by atoms with E-state index in [4.69, 9.17) is 10.8 Å². The van der Waals surface area contributed by atoms with Gasteiger partial charge in [0.25, 0.3) is 0 Å². The quantitative estimate of drug-likeness (QED) is 0.612. The average Bonchev–Trinajstić information content (AvgIpc) is 2.82. The number of carboxylic acid groups (broad SMARTS) is 1. The highest BCUT2D eigenvalue weighted by Crippen LogP contribution is 2.25. The van der Waals surface area contributed by atoms with Gasteiger partial charge in [0.15, 0.2) is 5.69 Å². The Kier molecular flexibility index (Phi) is 2.45. The molecule has 0 aliphatic carbocycles. The van der Waals surface area contributed by atoms with Crippen LogP contribution in [0.3, 0.4) is 0 Å². The Balaban J connectivity index is 2.12. The van der Waals surface area contributed by atoms with Crippen molar-refractivity contribution < 1.29 is 9.90 Å². The summed E-state index contributed by atoms with van der Waals surface area (Å²) < 4.78 is 0. The van der Waals surface area contributed by atoms with Gasteiger partial charge in [0.05, 0.1) is 5.52 Å². The molecule has 0 spiro atoms. The normalized spacial score (nSPS) is 10.7. The summed E-state index contributed by atoms with van der Waals surface area (Å²) in [6.07, 6.45) is 0. The van der Waals surface area contributed by atoms with E-state index in [9.17, 15) is 4.79 Å². The average molecular weight is 253 g/mol. The Hall–Kier alpha value is -2.82. The van der Waals surface area contributed by atoms with Gasteiger partial charge in [0.2, 0.25) is 0 Å². The van der Waals surface area contributed by atoms with Crippen molar-refractivity contribution in [1.82, 2.24) is 10.2 Å². The number of hydrogen-bond donors (Lipinski definition) is 3. The van der Waals surface area contributed by atoms with Gasteiger partial charge in [-0.3, -0.25) is 5.10 Å². The second-order valence-electron chi connectivity index (χ2n) is 4.26. The van der Waals surface area contributed by atoms with Crippen LogP contribution in [0.4, 0.5) is 5.69 Å². The molecule has 2 aromatic carbocycles. The monoisotopic (exact) mass is 253 g/mol. The van der Waals surface area contributed by atoms with Crippen molar-refractivity contribution in [2.24, 2.45) is 0 Å². The highest BCUT2D eigenvalue weighted by molar-refractivity contribution is 6.01. The van der Waals surface area contributed by atoms with Gasteiger partial charge in [-0.2, -0.15) is 5.10 Å². The number of nitrogen functional groups attached to an aromatic ring is 1. The smallest absolute Gasteiger partial charge is 0.357 e. The van der Waals surface area contributed by atoms with E-state index in [-0.39, 0.29) is 5.69 Å². The first-order valence-electron chi connectivity index (χ1n) is 5.72. The van der Waals surface area contributed by atoms with Gasteiger partial charge in [-0.25, -0.2) is 4.79 Å². The minimum absolute atomic E-state index is 0.0406. The Labute approximate surface area is 108 Å². The first-order valence-corrected chi connectivity index (χ1v) is 5.72. The number of aromatic nitrogens is 2. The number of fused-ring (bicyclic) bond motifs is 1. The number of hydrogen-bond acceptors (Lipinski definition) is 3. The molecule has 5 nitrogen and oxygen atoms in total. The molecule has 3 aromatic rings. The molecule has 1 aromatic heterocycles. The molecule has 0 amide bonds. The maximum atomic E-state index is 11.0. The highest BCUT2D eigenvalue weighted by atomic mass is 16.4. The van der Waals surface area contributed by atoms with Crippen LogP contribution in [-0.2, 0) is 0 Å². The summed E-state index contributed by atoms with van der Waals surface area (Å²) in [7, 11) is 0. The second-order valence-corrected chi connectivity index (χ2v) is 4.26. The SMILES string of the molecule is Nc1ccc(-c2ccc3c(C(=O)O)n[nH]c3c2)cc1. The Morgan fingerprint density at radius 1 is 1.11 bits per heavy atom. The molecule has 4 N–H and O–H groups in total. The molecule has 5 heteroatoms. The van der Waals surface area contributed by atoms with Crippen LogP contribution >= 0.6 is 0 Å². The van der Waals surface area contributed by atoms with E-state index in [0.717, 1.165) is 11.1 Å². The summed E-state index contributed by atoms with van der Waals surface area (Å²) in [5.41, 5.74) is 9.10. The Morgan fingerprint density at radius 3 is 2.47 bits per heavy atom. The van der Waals surface area contributed by atoms with E-state index in [1.165, 1.54) is 0 Å². The van der Waals surface area contributed by atoms with E-state index < -0.39 is 5.97 Å². The third-order valence-electron chi connectivity index (χ3n) is 3.01. The number of carboxylic acids is 1. The number of rotatable bonds is 2. The lowest BCUT2D eigenvalue weighted by atomic mass is 10.0. The van der Waals surface area contributed by atoms with Crippen LogP contribution in [0.25, 0.3) is 22.0 Å². The van der Waals surface area contributed by atoms with Crippen LogP contribution in [0, 0.1) is 0 Å². The van der Waals surface area contributed by atoms with Crippen LogP contribution in [0.2, 0.25) is 0 Å². The van der Waals surface area contributed by atoms with Crippen molar-refractivity contribution in [2.45, 2.75) is 0 Å². The molecule has 0 bridgehead atoms. The molecule has 0 saturated carbocycles. The molecule has 0 unspecified atom stereocenters. The second kappa shape index (κ2) is 4.13. The van der Waals surface area contributed by atoms with E-state index in [1.54, 1.807) is 6.07 Å². The van der Waals surface area contributed by atoms with Gasteiger partial charge in [0, 0.05) is 11.1 Å². The topological polar surface area (TPSA) is 92.0 Å². The molecule has 0 saturated heterocycles. The molecular weight excluding hydrogens is 242 g/mol. The minimum Gasteiger partial charge on any atom is -0.476 e. The molecule has 0 aliphatic rings. The first kappa shape index (κ1) is 11.3. The molecule has 0 aliphatic heterocycles. The van der Waals surface area contributed by atoms with E-state index >= 15 is 0 Å². The van der Waals surface area contributed by atoms with Crippen molar-refractivity contribution in [3.05, 3.63) is 48.2 Å². The lowest BCUT2D eigenvalue weighted by molar-refractivity contribution is 0.0692. The summed E-state index contributed by atoms with van der Waals surface area (Å²) in [4.78, 5) is 11.0. The number of H-pyrrole nitrogens is 1. The van der Waals surface area contributed by atoms with E-state index in [1.807, 2.05) is 36.4 Å². The molecular formula is C14H11N3O2. The predicted molar refractivity (Wildman–Crippen MR) is 72.9 cm³/mol. The van der Waals surface area contributed by atoms with Crippen molar-refractivity contribution in [3.8, 4) is 11.1 Å². The summed E-state index contributed by atoms with van der Waals surface area (Å²) in [5, 5.41) is 16.1. The van der Waals surface area contributed by atoms with E-state index in [2.05, 4.69) is 10.2 Å². The molecule has 0 atom stereocenters. The Bertz CT molecular complexity index is 760. The zero-order valence-corrected chi connectivity index (χ0v) is 9.92. The van der Waals surface area contributed by atoms with Gasteiger partial charge in [-0.1, -0.05) is 18.2 Å². The fourth-order valence-electron chi connectivity index (χ4n) is 2.04. The number of benzene rings is 2. The third kappa shape index (κ3) is 1.91. The first-order chi connectivity index (χ1) is 9.15. The highest BCUT2D eigenvalue weighted by Gasteiger charge is 2.12. The largest absolute Gasteiger partial charge is 0.476 e.